The molecule has 0 saturated carbocycles. The molecule has 0 spiro atoms. The van der Waals surface area contributed by atoms with Gasteiger partial charge in [-0.3, -0.25) is 4.79 Å². The third-order valence-electron chi connectivity index (χ3n) is 2.36. The molecule has 0 radical (unpaired) electrons. The van der Waals surface area contributed by atoms with Crippen molar-refractivity contribution in [2.45, 2.75) is 6.42 Å². The van der Waals surface area contributed by atoms with Crippen LogP contribution in [0.5, 0.6) is 0 Å². The van der Waals surface area contributed by atoms with Crippen molar-refractivity contribution in [3.63, 3.8) is 0 Å². The van der Waals surface area contributed by atoms with E-state index >= 15 is 0 Å². The second kappa shape index (κ2) is 4.94. The molecule has 1 aromatic carbocycles. The van der Waals surface area contributed by atoms with Crippen LogP contribution in [0.1, 0.15) is 16.8 Å². The van der Waals surface area contributed by atoms with Crippen molar-refractivity contribution in [2.75, 3.05) is 6.54 Å². The SMILES string of the molecule is C=CCCNC(=O)c1csc2ccccc12. The molecule has 1 amide bonds. The van der Waals surface area contributed by atoms with Crippen LogP contribution < -0.4 is 5.32 Å². The van der Waals surface area contributed by atoms with Gasteiger partial charge >= 0.3 is 0 Å². The number of rotatable bonds is 4. The maximum atomic E-state index is 11.9. The minimum atomic E-state index is -0.000648. The van der Waals surface area contributed by atoms with Gasteiger partial charge in [0.15, 0.2) is 0 Å². The molecule has 2 aromatic rings. The Hall–Kier alpha value is -1.61. The van der Waals surface area contributed by atoms with E-state index in [4.69, 9.17) is 0 Å². The summed E-state index contributed by atoms with van der Waals surface area (Å²) in [4.78, 5) is 11.9. The van der Waals surface area contributed by atoms with Crippen molar-refractivity contribution < 1.29 is 4.79 Å². The van der Waals surface area contributed by atoms with Crippen LogP contribution in [-0.2, 0) is 0 Å². The average Bonchev–Trinajstić information content (AvgIpc) is 2.73. The first-order valence-corrected chi connectivity index (χ1v) is 6.06. The molecule has 0 fully saturated rings. The number of fused-ring (bicyclic) bond motifs is 1. The number of carbonyl (C=O) groups excluding carboxylic acids is 1. The highest BCUT2D eigenvalue weighted by Crippen LogP contribution is 2.25. The summed E-state index contributed by atoms with van der Waals surface area (Å²) >= 11 is 1.60. The second-order valence-corrected chi connectivity index (χ2v) is 4.39. The van der Waals surface area contributed by atoms with Crippen LogP contribution in [0.3, 0.4) is 0 Å². The topological polar surface area (TPSA) is 29.1 Å². The summed E-state index contributed by atoms with van der Waals surface area (Å²) in [7, 11) is 0. The summed E-state index contributed by atoms with van der Waals surface area (Å²) in [6.45, 7) is 4.27. The third-order valence-corrected chi connectivity index (χ3v) is 3.32. The molecule has 82 valence electrons. The van der Waals surface area contributed by atoms with E-state index in [0.29, 0.717) is 6.54 Å². The van der Waals surface area contributed by atoms with E-state index in [0.717, 1.165) is 22.1 Å². The Kier molecular flexibility index (Phi) is 3.37. The van der Waals surface area contributed by atoms with E-state index in [1.54, 1.807) is 17.4 Å². The summed E-state index contributed by atoms with van der Waals surface area (Å²) in [5.74, 6) is -0.000648. The fourth-order valence-electron chi connectivity index (χ4n) is 1.54. The molecule has 1 N–H and O–H groups in total. The Morgan fingerprint density at radius 3 is 3.06 bits per heavy atom. The number of benzene rings is 1. The number of hydrogen-bond donors (Lipinski definition) is 1. The van der Waals surface area contributed by atoms with Crippen molar-refractivity contribution in [3.8, 4) is 0 Å². The molecule has 0 aliphatic heterocycles. The summed E-state index contributed by atoms with van der Waals surface area (Å²) in [5, 5.41) is 5.82. The molecular formula is C13H13NOS. The minimum absolute atomic E-state index is 0.000648. The Morgan fingerprint density at radius 2 is 2.25 bits per heavy atom. The molecule has 3 heteroatoms. The first kappa shape index (κ1) is 10.9. The van der Waals surface area contributed by atoms with Gasteiger partial charge in [0.1, 0.15) is 0 Å². The van der Waals surface area contributed by atoms with E-state index in [1.165, 1.54) is 0 Å². The van der Waals surface area contributed by atoms with Gasteiger partial charge in [-0.25, -0.2) is 0 Å². The predicted octanol–water partition coefficient (Wildman–Crippen LogP) is 3.21. The molecule has 1 heterocycles. The van der Waals surface area contributed by atoms with Gasteiger partial charge in [0, 0.05) is 22.0 Å². The molecule has 2 rings (SSSR count). The van der Waals surface area contributed by atoms with Gasteiger partial charge in [-0.15, -0.1) is 17.9 Å². The maximum absolute atomic E-state index is 11.9. The number of nitrogens with one attached hydrogen (secondary N) is 1. The monoisotopic (exact) mass is 231 g/mol. The van der Waals surface area contributed by atoms with E-state index in [9.17, 15) is 4.79 Å². The van der Waals surface area contributed by atoms with Gasteiger partial charge in [0.25, 0.3) is 5.91 Å². The number of amides is 1. The Bertz CT molecular complexity index is 515. The maximum Gasteiger partial charge on any atom is 0.252 e. The van der Waals surface area contributed by atoms with E-state index in [2.05, 4.69) is 11.9 Å². The molecule has 0 atom stereocenters. The van der Waals surface area contributed by atoms with Crippen molar-refractivity contribution in [1.82, 2.24) is 5.32 Å². The van der Waals surface area contributed by atoms with Gasteiger partial charge < -0.3 is 5.32 Å². The number of hydrogen-bond acceptors (Lipinski definition) is 2. The lowest BCUT2D eigenvalue weighted by Gasteiger charge is -2.01. The van der Waals surface area contributed by atoms with Crippen molar-refractivity contribution >= 4 is 27.3 Å². The predicted molar refractivity (Wildman–Crippen MR) is 69.0 cm³/mol. The van der Waals surface area contributed by atoms with Gasteiger partial charge in [0.2, 0.25) is 0 Å². The number of carbonyl (C=O) groups is 1. The highest BCUT2D eigenvalue weighted by atomic mass is 32.1. The lowest BCUT2D eigenvalue weighted by molar-refractivity contribution is 0.0956. The quantitative estimate of drug-likeness (QED) is 0.635. The largest absolute Gasteiger partial charge is 0.352 e. The zero-order valence-electron chi connectivity index (χ0n) is 8.90. The van der Waals surface area contributed by atoms with Crippen molar-refractivity contribution in [2.24, 2.45) is 0 Å². The van der Waals surface area contributed by atoms with Crippen LogP contribution in [0.15, 0.2) is 42.3 Å². The van der Waals surface area contributed by atoms with Crippen LogP contribution in [0.25, 0.3) is 10.1 Å². The average molecular weight is 231 g/mol. The fraction of sp³-hybridized carbons (Fsp3) is 0.154. The summed E-state index contributed by atoms with van der Waals surface area (Å²) < 4.78 is 1.15. The van der Waals surface area contributed by atoms with Crippen LogP contribution in [0.4, 0.5) is 0 Å². The molecule has 1 aromatic heterocycles. The summed E-state index contributed by atoms with van der Waals surface area (Å²) in [6.07, 6.45) is 2.60. The molecule has 0 aliphatic carbocycles. The third kappa shape index (κ3) is 2.14. The molecule has 0 saturated heterocycles. The molecule has 2 nitrogen and oxygen atoms in total. The zero-order valence-corrected chi connectivity index (χ0v) is 9.72. The lowest BCUT2D eigenvalue weighted by atomic mass is 10.1. The van der Waals surface area contributed by atoms with Crippen LogP contribution in [0, 0.1) is 0 Å². The van der Waals surface area contributed by atoms with Gasteiger partial charge in [-0.2, -0.15) is 0 Å². The van der Waals surface area contributed by atoms with E-state index in [-0.39, 0.29) is 5.91 Å². The highest BCUT2D eigenvalue weighted by Gasteiger charge is 2.10. The van der Waals surface area contributed by atoms with Crippen molar-refractivity contribution in [1.29, 1.82) is 0 Å². The highest BCUT2D eigenvalue weighted by molar-refractivity contribution is 7.17. The Labute approximate surface area is 98.6 Å². The summed E-state index contributed by atoms with van der Waals surface area (Å²) in [5.41, 5.74) is 0.768. The standard InChI is InChI=1S/C13H13NOS/c1-2-3-8-14-13(15)11-9-16-12-7-5-4-6-10(11)12/h2,4-7,9H,1,3,8H2,(H,14,15). The van der Waals surface area contributed by atoms with Crippen molar-refractivity contribution in [3.05, 3.63) is 47.9 Å². The fourth-order valence-corrected chi connectivity index (χ4v) is 2.48. The smallest absolute Gasteiger partial charge is 0.252 e. The minimum Gasteiger partial charge on any atom is -0.352 e. The van der Waals surface area contributed by atoms with Gasteiger partial charge in [-0.1, -0.05) is 24.3 Å². The Balaban J connectivity index is 2.19. The molecule has 0 bridgehead atoms. The second-order valence-electron chi connectivity index (χ2n) is 3.48. The van der Waals surface area contributed by atoms with Gasteiger partial charge in [0.05, 0.1) is 5.56 Å². The number of thiophene rings is 1. The first-order valence-electron chi connectivity index (χ1n) is 5.18. The first-order chi connectivity index (χ1) is 7.83. The lowest BCUT2D eigenvalue weighted by Crippen LogP contribution is -2.23. The zero-order chi connectivity index (χ0) is 11.4. The van der Waals surface area contributed by atoms with Crippen LogP contribution >= 0.6 is 11.3 Å². The Morgan fingerprint density at radius 1 is 1.44 bits per heavy atom. The van der Waals surface area contributed by atoms with E-state index < -0.39 is 0 Å². The van der Waals surface area contributed by atoms with Crippen LogP contribution in [0.2, 0.25) is 0 Å². The van der Waals surface area contributed by atoms with Gasteiger partial charge in [-0.05, 0) is 12.5 Å². The molecule has 16 heavy (non-hydrogen) atoms. The molecular weight excluding hydrogens is 218 g/mol. The van der Waals surface area contributed by atoms with E-state index in [1.807, 2.05) is 29.6 Å². The molecule has 0 aliphatic rings. The van der Waals surface area contributed by atoms with Crippen LogP contribution in [-0.4, -0.2) is 12.5 Å². The normalized spacial score (nSPS) is 10.2. The molecule has 0 unspecified atom stereocenters. The summed E-state index contributed by atoms with van der Waals surface area (Å²) in [6, 6.07) is 7.95.